The van der Waals surface area contributed by atoms with Crippen LogP contribution in [-0.2, 0) is 21.4 Å². The second-order valence-electron chi connectivity index (χ2n) is 6.35. The molecule has 0 saturated carbocycles. The number of nitrogens with one attached hydrogen (secondary N) is 1. The zero-order valence-corrected chi connectivity index (χ0v) is 16.8. The van der Waals surface area contributed by atoms with Crippen LogP contribution in [0, 0.1) is 6.92 Å². The van der Waals surface area contributed by atoms with Crippen LogP contribution in [0.4, 0.5) is 0 Å². The Labute approximate surface area is 161 Å². The van der Waals surface area contributed by atoms with Gasteiger partial charge in [0.25, 0.3) is 5.91 Å². The standard InChI is InChI=1S/C20H26N2O4S/c1-4-12-21-27(24,25)18-10-11-19(16(2)13-18)26-15-20(23)22(3)14-17-8-6-5-7-9-17/h5-11,13,21H,4,12,14-15H2,1-3H3. The predicted molar refractivity (Wildman–Crippen MR) is 105 cm³/mol. The van der Waals surface area contributed by atoms with Crippen molar-refractivity contribution in [3.63, 3.8) is 0 Å². The summed E-state index contributed by atoms with van der Waals surface area (Å²) in [6.45, 7) is 4.44. The van der Waals surface area contributed by atoms with E-state index in [1.54, 1.807) is 31.0 Å². The van der Waals surface area contributed by atoms with Crippen LogP contribution in [0.15, 0.2) is 53.4 Å². The van der Waals surface area contributed by atoms with Gasteiger partial charge in [0, 0.05) is 20.1 Å². The zero-order chi connectivity index (χ0) is 19.9. The van der Waals surface area contributed by atoms with E-state index in [1.165, 1.54) is 6.07 Å². The van der Waals surface area contributed by atoms with Crippen LogP contribution in [-0.4, -0.2) is 39.4 Å². The molecule has 0 aliphatic heterocycles. The van der Waals surface area contributed by atoms with Gasteiger partial charge >= 0.3 is 0 Å². The maximum atomic E-state index is 12.3. The van der Waals surface area contributed by atoms with Crippen molar-refractivity contribution in [3.8, 4) is 5.75 Å². The highest BCUT2D eigenvalue weighted by atomic mass is 32.2. The second kappa shape index (κ2) is 9.53. The average Bonchev–Trinajstić information content (AvgIpc) is 2.65. The van der Waals surface area contributed by atoms with Gasteiger partial charge < -0.3 is 9.64 Å². The Morgan fingerprint density at radius 1 is 1.15 bits per heavy atom. The van der Waals surface area contributed by atoms with Gasteiger partial charge in [-0.15, -0.1) is 0 Å². The third-order valence-electron chi connectivity index (χ3n) is 4.04. The first-order valence-electron chi connectivity index (χ1n) is 8.84. The molecular weight excluding hydrogens is 364 g/mol. The molecule has 0 aliphatic carbocycles. The number of benzene rings is 2. The Kier molecular flexibility index (Phi) is 7.38. The highest BCUT2D eigenvalue weighted by molar-refractivity contribution is 7.89. The van der Waals surface area contributed by atoms with Crippen molar-refractivity contribution in [1.82, 2.24) is 9.62 Å². The number of nitrogens with zero attached hydrogens (tertiary/aromatic N) is 1. The van der Waals surface area contributed by atoms with Gasteiger partial charge in [-0.3, -0.25) is 4.79 Å². The summed E-state index contributed by atoms with van der Waals surface area (Å²) in [5, 5.41) is 0. The Morgan fingerprint density at radius 3 is 2.48 bits per heavy atom. The minimum Gasteiger partial charge on any atom is -0.483 e. The minimum absolute atomic E-state index is 0.107. The summed E-state index contributed by atoms with van der Waals surface area (Å²) in [5.41, 5.74) is 1.70. The lowest BCUT2D eigenvalue weighted by Gasteiger charge is -2.18. The molecule has 1 N–H and O–H groups in total. The van der Waals surface area contributed by atoms with E-state index in [-0.39, 0.29) is 17.4 Å². The zero-order valence-electron chi connectivity index (χ0n) is 15.9. The van der Waals surface area contributed by atoms with Gasteiger partial charge in [-0.25, -0.2) is 13.1 Å². The van der Waals surface area contributed by atoms with Crippen molar-refractivity contribution in [2.45, 2.75) is 31.7 Å². The molecular formula is C20H26N2O4S. The van der Waals surface area contributed by atoms with Crippen LogP contribution in [0.3, 0.4) is 0 Å². The van der Waals surface area contributed by atoms with Crippen LogP contribution >= 0.6 is 0 Å². The summed E-state index contributed by atoms with van der Waals surface area (Å²) >= 11 is 0. The van der Waals surface area contributed by atoms with Crippen molar-refractivity contribution < 1.29 is 17.9 Å². The highest BCUT2D eigenvalue weighted by Crippen LogP contribution is 2.22. The topological polar surface area (TPSA) is 75.7 Å². The molecule has 0 aromatic heterocycles. The fourth-order valence-corrected chi connectivity index (χ4v) is 3.68. The quantitative estimate of drug-likeness (QED) is 0.714. The van der Waals surface area contributed by atoms with Gasteiger partial charge in [0.05, 0.1) is 4.90 Å². The molecule has 2 rings (SSSR count). The maximum absolute atomic E-state index is 12.3. The lowest BCUT2D eigenvalue weighted by atomic mass is 10.2. The normalized spacial score (nSPS) is 11.2. The molecule has 0 aliphatic rings. The third-order valence-corrected chi connectivity index (χ3v) is 5.50. The first-order valence-corrected chi connectivity index (χ1v) is 10.3. The van der Waals surface area contributed by atoms with E-state index in [2.05, 4.69) is 4.72 Å². The molecule has 27 heavy (non-hydrogen) atoms. The molecule has 0 radical (unpaired) electrons. The highest BCUT2D eigenvalue weighted by Gasteiger charge is 2.16. The van der Waals surface area contributed by atoms with Gasteiger partial charge in [0.1, 0.15) is 5.75 Å². The monoisotopic (exact) mass is 390 g/mol. The Balaban J connectivity index is 1.96. The lowest BCUT2D eigenvalue weighted by molar-refractivity contribution is -0.132. The summed E-state index contributed by atoms with van der Waals surface area (Å²) in [6, 6.07) is 14.3. The Hall–Kier alpha value is -2.38. The smallest absolute Gasteiger partial charge is 0.260 e. The number of rotatable bonds is 9. The van der Waals surface area contributed by atoms with E-state index < -0.39 is 10.0 Å². The number of carbonyl (C=O) groups is 1. The van der Waals surface area contributed by atoms with Gasteiger partial charge in [-0.1, -0.05) is 37.3 Å². The first-order chi connectivity index (χ1) is 12.8. The molecule has 146 valence electrons. The molecule has 0 spiro atoms. The molecule has 7 heteroatoms. The van der Waals surface area contributed by atoms with E-state index in [1.807, 2.05) is 37.3 Å². The SMILES string of the molecule is CCCNS(=O)(=O)c1ccc(OCC(=O)N(C)Cc2ccccc2)c(C)c1. The number of hydrogen-bond donors (Lipinski definition) is 1. The van der Waals surface area contributed by atoms with Crippen LogP contribution in [0.2, 0.25) is 0 Å². The van der Waals surface area contributed by atoms with E-state index in [9.17, 15) is 13.2 Å². The predicted octanol–water partition coefficient (Wildman–Crippen LogP) is 2.72. The number of carbonyl (C=O) groups excluding carboxylic acids is 1. The van der Waals surface area contributed by atoms with Crippen molar-refractivity contribution in [2.75, 3.05) is 20.2 Å². The van der Waals surface area contributed by atoms with E-state index >= 15 is 0 Å². The molecule has 6 nitrogen and oxygen atoms in total. The van der Waals surface area contributed by atoms with Crippen molar-refractivity contribution in [1.29, 1.82) is 0 Å². The number of amides is 1. The number of sulfonamides is 1. The maximum Gasteiger partial charge on any atom is 0.260 e. The average molecular weight is 391 g/mol. The second-order valence-corrected chi connectivity index (χ2v) is 8.12. The molecule has 2 aromatic carbocycles. The Bertz CT molecular complexity index is 867. The van der Waals surface area contributed by atoms with Crippen LogP contribution < -0.4 is 9.46 Å². The summed E-state index contributed by atoms with van der Waals surface area (Å²) in [6.07, 6.45) is 0.720. The van der Waals surface area contributed by atoms with Gasteiger partial charge in [0.2, 0.25) is 10.0 Å². The fourth-order valence-electron chi connectivity index (χ4n) is 2.47. The first kappa shape index (κ1) is 20.9. The molecule has 0 unspecified atom stereocenters. The largest absolute Gasteiger partial charge is 0.483 e. The molecule has 0 atom stereocenters. The van der Waals surface area contributed by atoms with Gasteiger partial charge in [0.15, 0.2) is 6.61 Å². The minimum atomic E-state index is -3.52. The molecule has 1 amide bonds. The summed E-state index contributed by atoms with van der Waals surface area (Å²) in [5.74, 6) is 0.338. The van der Waals surface area contributed by atoms with Gasteiger partial charge in [-0.05, 0) is 42.7 Å². The molecule has 2 aromatic rings. The van der Waals surface area contributed by atoms with Crippen LogP contribution in [0.5, 0.6) is 5.75 Å². The van der Waals surface area contributed by atoms with E-state index in [0.29, 0.717) is 24.4 Å². The summed E-state index contributed by atoms with van der Waals surface area (Å²) < 4.78 is 32.5. The number of ether oxygens (including phenoxy) is 1. The molecule has 0 heterocycles. The summed E-state index contributed by atoms with van der Waals surface area (Å²) in [7, 11) is -1.80. The Morgan fingerprint density at radius 2 is 1.85 bits per heavy atom. The lowest BCUT2D eigenvalue weighted by Crippen LogP contribution is -2.31. The molecule has 0 fully saturated rings. The van der Waals surface area contributed by atoms with Crippen molar-refractivity contribution in [2.24, 2.45) is 0 Å². The number of hydrogen-bond acceptors (Lipinski definition) is 4. The summed E-state index contributed by atoms with van der Waals surface area (Å²) in [4.78, 5) is 14.1. The van der Waals surface area contributed by atoms with E-state index in [4.69, 9.17) is 4.74 Å². The van der Waals surface area contributed by atoms with Crippen LogP contribution in [0.1, 0.15) is 24.5 Å². The third kappa shape index (κ3) is 6.08. The fraction of sp³-hybridized carbons (Fsp3) is 0.350. The molecule has 0 saturated heterocycles. The van der Waals surface area contributed by atoms with Crippen LogP contribution in [0.25, 0.3) is 0 Å². The van der Waals surface area contributed by atoms with Crippen molar-refractivity contribution in [3.05, 3.63) is 59.7 Å². The van der Waals surface area contributed by atoms with Crippen molar-refractivity contribution >= 4 is 15.9 Å². The molecule has 0 bridgehead atoms. The number of aryl methyl sites for hydroxylation is 1. The number of likely N-dealkylation sites (N-methyl/N-ethyl adjacent to an activating group) is 1. The van der Waals surface area contributed by atoms with Gasteiger partial charge in [-0.2, -0.15) is 0 Å². The van der Waals surface area contributed by atoms with E-state index in [0.717, 1.165) is 12.0 Å².